The number of amides is 1. The van der Waals surface area contributed by atoms with E-state index in [4.69, 9.17) is 34.7 Å². The summed E-state index contributed by atoms with van der Waals surface area (Å²) in [4.78, 5) is 10.4. The SMILES string of the molecule is NC(=O)C#Cc1cc(Cl)c(N)c(Cl)c1. The average Bonchev–Trinajstić information content (AvgIpc) is 2.10. The number of hydrogen-bond acceptors (Lipinski definition) is 2. The fraction of sp³-hybridized carbons (Fsp3) is 0. The van der Waals surface area contributed by atoms with E-state index in [2.05, 4.69) is 11.8 Å². The molecule has 0 aliphatic heterocycles. The quantitative estimate of drug-likeness (QED) is 0.521. The van der Waals surface area contributed by atoms with E-state index in [1.165, 1.54) is 12.1 Å². The summed E-state index contributed by atoms with van der Waals surface area (Å²) < 4.78 is 0. The topological polar surface area (TPSA) is 69.1 Å². The first kappa shape index (κ1) is 10.7. The van der Waals surface area contributed by atoms with Gasteiger partial charge in [0.25, 0.3) is 5.91 Å². The van der Waals surface area contributed by atoms with Crippen LogP contribution in [0, 0.1) is 11.8 Å². The first-order valence-corrected chi connectivity index (χ1v) is 4.32. The Bertz CT molecular complexity index is 423. The monoisotopic (exact) mass is 228 g/mol. The molecule has 1 aromatic rings. The van der Waals surface area contributed by atoms with Crippen LogP contribution in [0.4, 0.5) is 5.69 Å². The van der Waals surface area contributed by atoms with Crippen LogP contribution in [0.5, 0.6) is 0 Å². The summed E-state index contributed by atoms with van der Waals surface area (Å²) in [5.74, 6) is 3.96. The molecule has 0 fully saturated rings. The van der Waals surface area contributed by atoms with E-state index in [0.717, 1.165) is 0 Å². The summed E-state index contributed by atoms with van der Waals surface area (Å²) in [5, 5.41) is 0.595. The van der Waals surface area contributed by atoms with E-state index in [1.54, 1.807) is 0 Å². The van der Waals surface area contributed by atoms with Crippen LogP contribution in [-0.2, 0) is 4.79 Å². The van der Waals surface area contributed by atoms with Gasteiger partial charge in [0.1, 0.15) is 0 Å². The van der Waals surface area contributed by atoms with Crippen molar-refractivity contribution in [2.24, 2.45) is 5.73 Å². The summed E-state index contributed by atoms with van der Waals surface area (Å²) in [5.41, 5.74) is 11.1. The van der Waals surface area contributed by atoms with Crippen molar-refractivity contribution >= 4 is 34.8 Å². The molecule has 72 valence electrons. The lowest BCUT2D eigenvalue weighted by atomic mass is 10.2. The van der Waals surface area contributed by atoms with Crippen molar-refractivity contribution in [2.75, 3.05) is 5.73 Å². The molecule has 0 saturated heterocycles. The molecule has 1 rings (SSSR count). The third-order valence-corrected chi connectivity index (χ3v) is 2.03. The molecule has 0 atom stereocenters. The van der Waals surface area contributed by atoms with E-state index < -0.39 is 5.91 Å². The summed E-state index contributed by atoms with van der Waals surface area (Å²) in [6.07, 6.45) is 0. The van der Waals surface area contributed by atoms with Gasteiger partial charge in [0, 0.05) is 5.56 Å². The average molecular weight is 229 g/mol. The highest BCUT2D eigenvalue weighted by molar-refractivity contribution is 6.39. The second-order valence-corrected chi connectivity index (χ2v) is 3.28. The summed E-state index contributed by atoms with van der Waals surface area (Å²) in [6, 6.07) is 3.03. The number of hydrogen-bond donors (Lipinski definition) is 2. The number of rotatable bonds is 0. The van der Waals surface area contributed by atoms with E-state index in [-0.39, 0.29) is 5.69 Å². The van der Waals surface area contributed by atoms with Gasteiger partial charge in [0.05, 0.1) is 15.7 Å². The Morgan fingerprint density at radius 2 is 1.79 bits per heavy atom. The minimum Gasteiger partial charge on any atom is -0.396 e. The highest BCUT2D eigenvalue weighted by Gasteiger charge is 2.02. The molecule has 1 aromatic carbocycles. The molecule has 0 aliphatic rings. The van der Waals surface area contributed by atoms with Gasteiger partial charge in [0.2, 0.25) is 0 Å². The first-order valence-electron chi connectivity index (χ1n) is 3.56. The fourth-order valence-electron chi connectivity index (χ4n) is 0.790. The molecule has 1 amide bonds. The van der Waals surface area contributed by atoms with Gasteiger partial charge in [-0.15, -0.1) is 0 Å². The van der Waals surface area contributed by atoms with Crippen molar-refractivity contribution < 1.29 is 4.79 Å². The molecule has 0 bridgehead atoms. The molecule has 0 saturated carbocycles. The third kappa shape index (κ3) is 2.56. The van der Waals surface area contributed by atoms with Gasteiger partial charge in [0.15, 0.2) is 0 Å². The minimum atomic E-state index is -0.714. The lowest BCUT2D eigenvalue weighted by molar-refractivity contribution is -0.112. The van der Waals surface area contributed by atoms with Crippen molar-refractivity contribution in [3.63, 3.8) is 0 Å². The Hall–Kier alpha value is -1.37. The van der Waals surface area contributed by atoms with E-state index in [9.17, 15) is 4.79 Å². The second-order valence-electron chi connectivity index (χ2n) is 2.47. The number of benzene rings is 1. The van der Waals surface area contributed by atoms with E-state index in [1.807, 2.05) is 0 Å². The Morgan fingerprint density at radius 1 is 1.29 bits per heavy atom. The molecular formula is C9H6Cl2N2O. The van der Waals surface area contributed by atoms with Gasteiger partial charge in [-0.1, -0.05) is 29.1 Å². The molecule has 4 N–H and O–H groups in total. The number of halogens is 2. The Labute approximate surface area is 91.0 Å². The highest BCUT2D eigenvalue weighted by Crippen LogP contribution is 2.28. The van der Waals surface area contributed by atoms with E-state index in [0.29, 0.717) is 15.6 Å². The standard InChI is InChI=1S/C9H6Cl2N2O/c10-6-3-5(1-2-8(12)14)4-7(11)9(6)13/h3-4H,13H2,(H2,12,14). The molecule has 0 aliphatic carbocycles. The van der Waals surface area contributed by atoms with Gasteiger partial charge in [-0.3, -0.25) is 4.79 Å². The normalized spacial score (nSPS) is 9.00. The predicted octanol–water partition coefficient (Wildman–Crippen LogP) is 1.41. The van der Waals surface area contributed by atoms with E-state index >= 15 is 0 Å². The largest absolute Gasteiger partial charge is 0.396 e. The van der Waals surface area contributed by atoms with Gasteiger partial charge in [-0.2, -0.15) is 0 Å². The van der Waals surface area contributed by atoms with Crippen LogP contribution in [0.25, 0.3) is 0 Å². The Kier molecular flexibility index (Phi) is 3.23. The lowest BCUT2D eigenvalue weighted by Crippen LogP contribution is -2.06. The zero-order valence-electron chi connectivity index (χ0n) is 6.97. The lowest BCUT2D eigenvalue weighted by Gasteiger charge is -2.00. The number of anilines is 1. The molecule has 0 radical (unpaired) electrons. The van der Waals surface area contributed by atoms with Crippen LogP contribution >= 0.6 is 23.2 Å². The number of nitrogens with two attached hydrogens (primary N) is 2. The van der Waals surface area contributed by atoms with Crippen LogP contribution in [0.1, 0.15) is 5.56 Å². The summed E-state index contributed by atoms with van der Waals surface area (Å²) in [6.45, 7) is 0. The smallest absolute Gasteiger partial charge is 0.293 e. The van der Waals surface area contributed by atoms with Crippen LogP contribution in [0.15, 0.2) is 12.1 Å². The van der Waals surface area contributed by atoms with Gasteiger partial charge >= 0.3 is 0 Å². The summed E-state index contributed by atoms with van der Waals surface area (Å²) in [7, 11) is 0. The van der Waals surface area contributed by atoms with Crippen molar-refractivity contribution in [1.82, 2.24) is 0 Å². The number of carbonyl (C=O) groups excluding carboxylic acids is 1. The Morgan fingerprint density at radius 3 is 2.21 bits per heavy atom. The van der Waals surface area contributed by atoms with Crippen molar-refractivity contribution in [1.29, 1.82) is 0 Å². The molecule has 0 unspecified atom stereocenters. The van der Waals surface area contributed by atoms with Crippen molar-refractivity contribution in [3.8, 4) is 11.8 Å². The van der Waals surface area contributed by atoms with Crippen LogP contribution in [0.2, 0.25) is 10.0 Å². The van der Waals surface area contributed by atoms with Gasteiger partial charge < -0.3 is 11.5 Å². The van der Waals surface area contributed by atoms with Crippen molar-refractivity contribution in [2.45, 2.75) is 0 Å². The fourth-order valence-corrected chi connectivity index (χ4v) is 1.28. The maximum Gasteiger partial charge on any atom is 0.293 e. The number of nitrogen functional groups attached to an aromatic ring is 1. The maximum absolute atomic E-state index is 10.4. The number of carbonyl (C=O) groups is 1. The maximum atomic E-state index is 10.4. The molecule has 0 heterocycles. The second kappa shape index (κ2) is 4.23. The predicted molar refractivity (Wildman–Crippen MR) is 56.9 cm³/mol. The molecule has 0 aromatic heterocycles. The third-order valence-electron chi connectivity index (χ3n) is 1.41. The molecule has 14 heavy (non-hydrogen) atoms. The van der Waals surface area contributed by atoms with Crippen LogP contribution in [0.3, 0.4) is 0 Å². The highest BCUT2D eigenvalue weighted by atomic mass is 35.5. The number of primary amides is 1. The van der Waals surface area contributed by atoms with Crippen LogP contribution in [-0.4, -0.2) is 5.91 Å². The zero-order valence-corrected chi connectivity index (χ0v) is 8.49. The van der Waals surface area contributed by atoms with Gasteiger partial charge in [-0.05, 0) is 18.1 Å². The molecule has 5 heteroatoms. The Balaban J connectivity index is 3.15. The summed E-state index contributed by atoms with van der Waals surface area (Å²) >= 11 is 11.5. The minimum absolute atomic E-state index is 0.290. The molecule has 0 spiro atoms. The van der Waals surface area contributed by atoms with Crippen LogP contribution < -0.4 is 11.5 Å². The van der Waals surface area contributed by atoms with Gasteiger partial charge in [-0.25, -0.2) is 0 Å². The zero-order chi connectivity index (χ0) is 10.7. The molecular weight excluding hydrogens is 223 g/mol. The van der Waals surface area contributed by atoms with Crippen molar-refractivity contribution in [3.05, 3.63) is 27.7 Å². The first-order chi connectivity index (χ1) is 6.50. The molecule has 3 nitrogen and oxygen atoms in total.